The van der Waals surface area contributed by atoms with Gasteiger partial charge in [-0.25, -0.2) is 0 Å². The maximum absolute atomic E-state index is 10.5. The van der Waals surface area contributed by atoms with Crippen LogP contribution >= 0.6 is 0 Å². The van der Waals surface area contributed by atoms with Crippen molar-refractivity contribution in [3.8, 4) is 0 Å². The van der Waals surface area contributed by atoms with Crippen molar-refractivity contribution in [1.82, 2.24) is 0 Å². The third-order valence-electron chi connectivity index (χ3n) is 0.543. The summed E-state index contributed by atoms with van der Waals surface area (Å²) in [6.07, 6.45) is 0. The van der Waals surface area contributed by atoms with Crippen LogP contribution in [-0.2, 0) is 24.6 Å². The maximum atomic E-state index is 10.5. The van der Waals surface area contributed by atoms with Gasteiger partial charge in [-0.3, -0.25) is 0 Å². The summed E-state index contributed by atoms with van der Waals surface area (Å²) in [6, 6.07) is 0. The molecule has 0 fully saturated rings. The van der Waals surface area contributed by atoms with E-state index >= 15 is 0 Å². The molecule has 0 bridgehead atoms. The van der Waals surface area contributed by atoms with Gasteiger partial charge in [0.25, 0.3) is 0 Å². The van der Waals surface area contributed by atoms with Crippen molar-refractivity contribution in [2.45, 2.75) is 20.8 Å². The number of carbonyl (C=O) groups is 1. The molecule has 1 nitrogen and oxygen atoms in total. The average Bonchev–Trinajstić information content (AvgIpc) is 1.31. The first-order valence-electron chi connectivity index (χ1n) is 2.11. The molecule has 0 aliphatic rings. The molecule has 0 heterocycles. The van der Waals surface area contributed by atoms with E-state index in [4.69, 9.17) is 0 Å². The van der Waals surface area contributed by atoms with Crippen LogP contribution in [0.1, 0.15) is 20.8 Å². The van der Waals surface area contributed by atoms with E-state index in [1.807, 2.05) is 20.8 Å². The van der Waals surface area contributed by atoms with Crippen molar-refractivity contribution in [3.05, 3.63) is 0 Å². The summed E-state index contributed by atoms with van der Waals surface area (Å²) >= 11 is 1.80. The van der Waals surface area contributed by atoms with Gasteiger partial charge in [0.15, 0.2) is 0 Å². The molecule has 2 heteroatoms. The molecule has 0 amide bonds. The summed E-state index contributed by atoms with van der Waals surface area (Å²) in [5.74, 6) is 0. The molecule has 0 aromatic carbocycles. The Hall–Kier alpha value is 0.358. The fraction of sp³-hybridized carbons (Fsp3) is 0.800. The molecule has 0 spiro atoms. The van der Waals surface area contributed by atoms with Crippen LogP contribution in [-0.4, -0.2) is 4.17 Å². The zero-order valence-corrected chi connectivity index (χ0v) is 7.00. The van der Waals surface area contributed by atoms with E-state index in [0.717, 1.165) is 0 Å². The molecule has 0 aliphatic heterocycles. The first-order chi connectivity index (χ1) is 2.94. The first-order valence-corrected chi connectivity index (χ1v) is 3.25. The van der Waals surface area contributed by atoms with Crippen LogP contribution in [0.5, 0.6) is 0 Å². The van der Waals surface area contributed by atoms with Crippen LogP contribution < -0.4 is 0 Å². The number of hydrogen-bond donors (Lipinski definition) is 0. The molecule has 0 aromatic rings. The number of hydrogen-bond acceptors (Lipinski definition) is 1. The Balaban J connectivity index is 3.79. The summed E-state index contributed by atoms with van der Waals surface area (Å²) in [6.45, 7) is 5.72. The Morgan fingerprint density at radius 1 is 1.43 bits per heavy atom. The van der Waals surface area contributed by atoms with Gasteiger partial charge in [0, 0.05) is 0 Å². The fourth-order valence-electron chi connectivity index (χ4n) is 0. The second-order valence-electron chi connectivity index (χ2n) is 2.50. The van der Waals surface area contributed by atoms with E-state index in [1.165, 1.54) is 0 Å². The third kappa shape index (κ3) is 2.99. The molecule has 0 rings (SSSR count). The predicted molar refractivity (Wildman–Crippen MR) is 24.5 cm³/mol. The van der Waals surface area contributed by atoms with Gasteiger partial charge in [-0.15, -0.1) is 0 Å². The fourth-order valence-corrected chi connectivity index (χ4v) is 0. The standard InChI is InChI=1S/C5H9O.Pt/c1-5(2,3)4-6;/h1-3H3;. The molecule has 0 aliphatic carbocycles. The van der Waals surface area contributed by atoms with Gasteiger partial charge in [-0.05, 0) is 0 Å². The number of carbonyl (C=O) groups excluding carboxylic acids is 1. The van der Waals surface area contributed by atoms with Crippen molar-refractivity contribution in [1.29, 1.82) is 0 Å². The minimum atomic E-state index is -0.151. The van der Waals surface area contributed by atoms with Gasteiger partial charge < -0.3 is 0 Å². The van der Waals surface area contributed by atoms with Gasteiger partial charge in [-0.1, -0.05) is 0 Å². The zero-order chi connectivity index (χ0) is 6.08. The molecular formula is C5H9OPt. The predicted octanol–water partition coefficient (Wildman–Crippen LogP) is 1.11. The Morgan fingerprint density at radius 3 is 1.57 bits per heavy atom. The summed E-state index contributed by atoms with van der Waals surface area (Å²) < 4.78 is 0.215. The molecule has 7 heavy (non-hydrogen) atoms. The summed E-state index contributed by atoms with van der Waals surface area (Å²) in [4.78, 5) is 10.5. The zero-order valence-electron chi connectivity index (χ0n) is 4.72. The van der Waals surface area contributed by atoms with Crippen LogP contribution in [0.4, 0.5) is 0 Å². The van der Waals surface area contributed by atoms with E-state index in [2.05, 4.69) is 0 Å². The van der Waals surface area contributed by atoms with Crippen LogP contribution in [0.2, 0.25) is 0 Å². The first kappa shape index (κ1) is 7.36. The van der Waals surface area contributed by atoms with Gasteiger partial charge in [-0.2, -0.15) is 0 Å². The summed E-state index contributed by atoms with van der Waals surface area (Å²) in [7, 11) is 0. The summed E-state index contributed by atoms with van der Waals surface area (Å²) in [5, 5.41) is 0. The minimum absolute atomic E-state index is 0.151. The molecular weight excluding hydrogens is 271 g/mol. The quantitative estimate of drug-likeness (QED) is 0.649. The second kappa shape index (κ2) is 2.08. The van der Waals surface area contributed by atoms with E-state index in [0.29, 0.717) is 0 Å². The van der Waals surface area contributed by atoms with Gasteiger partial charge in [0.05, 0.1) is 0 Å². The van der Waals surface area contributed by atoms with Crippen molar-refractivity contribution < 1.29 is 24.6 Å². The molecule has 0 saturated heterocycles. The van der Waals surface area contributed by atoms with E-state index in [1.54, 1.807) is 19.8 Å². The number of rotatable bonds is 0. The van der Waals surface area contributed by atoms with Crippen LogP contribution in [0, 0.1) is 5.41 Å². The molecule has 0 N–H and O–H groups in total. The van der Waals surface area contributed by atoms with E-state index in [-0.39, 0.29) is 9.59 Å². The van der Waals surface area contributed by atoms with Gasteiger partial charge in [0.1, 0.15) is 0 Å². The van der Waals surface area contributed by atoms with Gasteiger partial charge >= 0.3 is 55.0 Å². The average molecular weight is 280 g/mol. The van der Waals surface area contributed by atoms with Crippen molar-refractivity contribution in [2.24, 2.45) is 5.41 Å². The molecule has 0 aromatic heterocycles. The molecule has 45 valence electrons. The van der Waals surface area contributed by atoms with Crippen LogP contribution in [0.3, 0.4) is 0 Å². The van der Waals surface area contributed by atoms with Crippen LogP contribution in [0.15, 0.2) is 0 Å². The Kier molecular flexibility index (Phi) is 2.19. The third-order valence-corrected chi connectivity index (χ3v) is 2.25. The molecule has 0 saturated carbocycles. The Labute approximate surface area is 55.4 Å². The monoisotopic (exact) mass is 280 g/mol. The normalized spacial score (nSPS) is 11.6. The topological polar surface area (TPSA) is 17.1 Å². The Morgan fingerprint density at radius 2 is 1.57 bits per heavy atom. The van der Waals surface area contributed by atoms with Crippen LogP contribution in [0.25, 0.3) is 0 Å². The van der Waals surface area contributed by atoms with E-state index < -0.39 is 0 Å². The Bertz CT molecular complexity index is 80.6. The van der Waals surface area contributed by atoms with E-state index in [9.17, 15) is 4.79 Å². The molecule has 0 unspecified atom stereocenters. The van der Waals surface area contributed by atoms with Crippen molar-refractivity contribution in [3.63, 3.8) is 0 Å². The summed E-state index contributed by atoms with van der Waals surface area (Å²) in [5.41, 5.74) is -0.151. The molecule has 0 radical (unpaired) electrons. The second-order valence-corrected chi connectivity index (χ2v) is 3.53. The molecule has 0 atom stereocenters. The van der Waals surface area contributed by atoms with Crippen molar-refractivity contribution in [2.75, 3.05) is 0 Å². The van der Waals surface area contributed by atoms with Crippen molar-refractivity contribution >= 4 is 4.17 Å². The SMILES string of the molecule is CC(C)(C)[C](=O)[Pt]. The van der Waals surface area contributed by atoms with Gasteiger partial charge in [0.2, 0.25) is 0 Å².